The molecule has 134 valence electrons. The van der Waals surface area contributed by atoms with E-state index in [1.807, 2.05) is 31.2 Å². The van der Waals surface area contributed by atoms with Crippen molar-refractivity contribution in [3.63, 3.8) is 0 Å². The minimum absolute atomic E-state index is 0.159. The number of benzene rings is 2. The molecule has 0 aliphatic heterocycles. The molecule has 0 amide bonds. The molecule has 0 fully saturated rings. The summed E-state index contributed by atoms with van der Waals surface area (Å²) in [6.07, 6.45) is 0. The van der Waals surface area contributed by atoms with Crippen LogP contribution >= 0.6 is 22.6 Å². The predicted octanol–water partition coefficient (Wildman–Crippen LogP) is 4.48. The van der Waals surface area contributed by atoms with Gasteiger partial charge < -0.3 is 18.9 Å². The molecule has 2 aromatic carbocycles. The van der Waals surface area contributed by atoms with Crippen LogP contribution in [0.4, 0.5) is 0 Å². The third-order valence-electron chi connectivity index (χ3n) is 3.84. The van der Waals surface area contributed by atoms with E-state index in [0.29, 0.717) is 40.7 Å². The highest BCUT2D eigenvalue weighted by atomic mass is 127. The van der Waals surface area contributed by atoms with Gasteiger partial charge in [0.2, 0.25) is 15.3 Å². The van der Waals surface area contributed by atoms with Crippen LogP contribution in [0.3, 0.4) is 0 Å². The Morgan fingerprint density at radius 2 is 1.60 bits per heavy atom. The van der Waals surface area contributed by atoms with Crippen molar-refractivity contribution < 1.29 is 23.7 Å². The molecule has 0 unspecified atom stereocenters. The topological polar surface area (TPSA) is 54.0 Å². The molecule has 0 saturated carbocycles. The third kappa shape index (κ3) is 4.00. The number of hydrogen-bond donors (Lipinski definition) is 0. The minimum Gasteiger partial charge on any atom is -0.492 e. The lowest BCUT2D eigenvalue weighted by Crippen LogP contribution is -2.07. The van der Waals surface area contributed by atoms with Gasteiger partial charge in [0, 0.05) is 28.2 Å². The Bertz CT molecular complexity index is 786. The van der Waals surface area contributed by atoms with Crippen LogP contribution in [0.15, 0.2) is 24.3 Å². The molecule has 2 aromatic rings. The minimum atomic E-state index is -0.159. The summed E-state index contributed by atoms with van der Waals surface area (Å²) < 4.78 is 22.3. The second kappa shape index (κ2) is 8.42. The maximum absolute atomic E-state index is 12.1. The number of halogens is 1. The SMILES string of the molecule is COc1c(C)c(C(=O)I)c(OC)c(OC)c1OCc1cccc(C)c1. The molecule has 2 rings (SSSR count). The van der Waals surface area contributed by atoms with E-state index in [4.69, 9.17) is 18.9 Å². The van der Waals surface area contributed by atoms with Crippen LogP contribution in [0.2, 0.25) is 0 Å². The Kier molecular flexibility index (Phi) is 6.52. The van der Waals surface area contributed by atoms with E-state index in [2.05, 4.69) is 0 Å². The first kappa shape index (κ1) is 19.4. The van der Waals surface area contributed by atoms with E-state index in [1.165, 1.54) is 21.3 Å². The molecule has 0 heterocycles. The fourth-order valence-electron chi connectivity index (χ4n) is 2.73. The van der Waals surface area contributed by atoms with Gasteiger partial charge in [0.25, 0.3) is 0 Å². The number of carbonyl (C=O) groups is 1. The third-order valence-corrected chi connectivity index (χ3v) is 4.38. The molecule has 0 aliphatic carbocycles. The van der Waals surface area contributed by atoms with E-state index in [0.717, 1.165) is 11.1 Å². The Morgan fingerprint density at radius 1 is 0.960 bits per heavy atom. The monoisotopic (exact) mass is 456 g/mol. The number of methoxy groups -OCH3 is 3. The molecular weight excluding hydrogens is 435 g/mol. The number of rotatable bonds is 7. The Morgan fingerprint density at radius 3 is 2.12 bits per heavy atom. The van der Waals surface area contributed by atoms with Crippen molar-refractivity contribution in [2.45, 2.75) is 20.5 Å². The first-order valence-corrected chi connectivity index (χ1v) is 8.73. The smallest absolute Gasteiger partial charge is 0.226 e. The Balaban J connectivity index is 2.55. The molecule has 0 radical (unpaired) electrons. The number of ether oxygens (including phenoxy) is 4. The van der Waals surface area contributed by atoms with Crippen molar-refractivity contribution in [2.75, 3.05) is 21.3 Å². The van der Waals surface area contributed by atoms with Gasteiger partial charge in [-0.05, 0) is 19.4 Å². The Hall–Kier alpha value is -1.96. The highest BCUT2D eigenvalue weighted by Crippen LogP contribution is 2.50. The average molecular weight is 456 g/mol. The second-order valence-corrected chi connectivity index (χ2v) is 6.46. The highest BCUT2D eigenvalue weighted by molar-refractivity contribution is 14.1. The molecule has 0 atom stereocenters. The number of aryl methyl sites for hydroxylation is 1. The van der Waals surface area contributed by atoms with Gasteiger partial charge in [-0.25, -0.2) is 0 Å². The zero-order valence-electron chi connectivity index (χ0n) is 14.9. The summed E-state index contributed by atoms with van der Waals surface area (Å²) in [6, 6.07) is 8.04. The molecule has 25 heavy (non-hydrogen) atoms. The summed E-state index contributed by atoms with van der Waals surface area (Å²) in [5, 5.41) is 0. The van der Waals surface area contributed by atoms with Gasteiger partial charge in [0.1, 0.15) is 6.61 Å². The molecule has 5 nitrogen and oxygen atoms in total. The van der Waals surface area contributed by atoms with Gasteiger partial charge in [-0.2, -0.15) is 0 Å². The first-order chi connectivity index (χ1) is 11.9. The average Bonchev–Trinajstić information content (AvgIpc) is 2.58. The normalized spacial score (nSPS) is 10.3. The molecule has 0 spiro atoms. The largest absolute Gasteiger partial charge is 0.492 e. The van der Waals surface area contributed by atoms with Crippen LogP contribution in [0.5, 0.6) is 23.0 Å². The van der Waals surface area contributed by atoms with Crippen molar-refractivity contribution in [2.24, 2.45) is 0 Å². The lowest BCUT2D eigenvalue weighted by Gasteiger charge is -2.21. The van der Waals surface area contributed by atoms with E-state index >= 15 is 0 Å². The fraction of sp³-hybridized carbons (Fsp3) is 0.316. The second-order valence-electron chi connectivity index (χ2n) is 5.48. The van der Waals surface area contributed by atoms with Gasteiger partial charge in [-0.1, -0.05) is 29.8 Å². The van der Waals surface area contributed by atoms with Crippen LogP contribution in [-0.4, -0.2) is 25.1 Å². The van der Waals surface area contributed by atoms with Gasteiger partial charge in [0.05, 0.1) is 26.9 Å². The molecule has 0 aromatic heterocycles. The summed E-state index contributed by atoms with van der Waals surface area (Å²) in [5.74, 6) is 1.57. The lowest BCUT2D eigenvalue weighted by atomic mass is 10.1. The maximum Gasteiger partial charge on any atom is 0.226 e. The van der Waals surface area contributed by atoms with E-state index in [-0.39, 0.29) is 3.79 Å². The highest BCUT2D eigenvalue weighted by Gasteiger charge is 2.28. The standard InChI is InChI=1S/C19H21IO5/c1-11-7-6-8-13(9-11)10-25-18-15(22-3)12(2)14(19(20)21)16(23-4)17(18)24-5/h6-9H,10H2,1-5H3. The Labute approximate surface area is 161 Å². The quantitative estimate of drug-likeness (QED) is 0.454. The number of carbonyl (C=O) groups excluding carboxylic acids is 1. The van der Waals surface area contributed by atoms with Crippen molar-refractivity contribution >= 4 is 26.4 Å². The van der Waals surface area contributed by atoms with Gasteiger partial charge >= 0.3 is 0 Å². The van der Waals surface area contributed by atoms with Gasteiger partial charge in [0.15, 0.2) is 11.5 Å². The van der Waals surface area contributed by atoms with Crippen molar-refractivity contribution in [3.8, 4) is 23.0 Å². The fourth-order valence-corrected chi connectivity index (χ4v) is 3.37. The molecule has 0 N–H and O–H groups in total. The summed E-state index contributed by atoms with van der Waals surface area (Å²) >= 11 is 1.72. The zero-order chi connectivity index (χ0) is 18.6. The van der Waals surface area contributed by atoms with Crippen LogP contribution in [-0.2, 0) is 6.61 Å². The summed E-state index contributed by atoms with van der Waals surface area (Å²) in [7, 11) is 4.54. The molecule has 0 aliphatic rings. The molecule has 6 heteroatoms. The van der Waals surface area contributed by atoms with Crippen LogP contribution < -0.4 is 18.9 Å². The molecule has 0 bridgehead atoms. The van der Waals surface area contributed by atoms with Crippen LogP contribution in [0, 0.1) is 13.8 Å². The van der Waals surface area contributed by atoms with Crippen LogP contribution in [0.25, 0.3) is 0 Å². The van der Waals surface area contributed by atoms with Crippen molar-refractivity contribution in [1.82, 2.24) is 0 Å². The van der Waals surface area contributed by atoms with E-state index in [9.17, 15) is 4.79 Å². The first-order valence-electron chi connectivity index (χ1n) is 7.65. The van der Waals surface area contributed by atoms with Crippen molar-refractivity contribution in [3.05, 3.63) is 46.5 Å². The molecular formula is C19H21IO5. The van der Waals surface area contributed by atoms with Gasteiger partial charge in [-0.3, -0.25) is 4.79 Å². The summed E-state index contributed by atoms with van der Waals surface area (Å²) in [6.45, 7) is 4.17. The lowest BCUT2D eigenvalue weighted by molar-refractivity contribution is 0.110. The number of hydrogen-bond acceptors (Lipinski definition) is 5. The van der Waals surface area contributed by atoms with Gasteiger partial charge in [-0.15, -0.1) is 0 Å². The predicted molar refractivity (Wildman–Crippen MR) is 105 cm³/mol. The summed E-state index contributed by atoms with van der Waals surface area (Å²) in [5.41, 5.74) is 3.24. The van der Waals surface area contributed by atoms with E-state index < -0.39 is 0 Å². The van der Waals surface area contributed by atoms with E-state index in [1.54, 1.807) is 29.5 Å². The molecule has 0 saturated heterocycles. The summed E-state index contributed by atoms with van der Waals surface area (Å²) in [4.78, 5) is 12.1. The van der Waals surface area contributed by atoms with Crippen LogP contribution in [0.1, 0.15) is 27.0 Å². The van der Waals surface area contributed by atoms with Crippen molar-refractivity contribution in [1.29, 1.82) is 0 Å². The maximum atomic E-state index is 12.1. The zero-order valence-corrected chi connectivity index (χ0v) is 17.1.